The van der Waals surface area contributed by atoms with E-state index in [4.69, 9.17) is 10.1 Å². The molecule has 0 atom stereocenters. The molecule has 2 aromatic carbocycles. The minimum absolute atomic E-state index is 0.195. The van der Waals surface area contributed by atoms with Crippen LogP contribution in [0.2, 0.25) is 0 Å². The average Bonchev–Trinajstić information content (AvgIpc) is 3.52. The van der Waals surface area contributed by atoms with Gasteiger partial charge in [0.1, 0.15) is 23.7 Å². The molecule has 0 fully saturated rings. The van der Waals surface area contributed by atoms with Crippen LogP contribution in [0.4, 0.5) is 5.82 Å². The van der Waals surface area contributed by atoms with Gasteiger partial charge in [-0.3, -0.25) is 4.79 Å². The monoisotopic (exact) mass is 468 g/mol. The summed E-state index contributed by atoms with van der Waals surface area (Å²) in [4.78, 5) is 20.5. The molecular formula is C25H24N8O2. The number of hydrogen-bond donors (Lipinski definition) is 3. The van der Waals surface area contributed by atoms with Gasteiger partial charge >= 0.3 is 5.97 Å². The van der Waals surface area contributed by atoms with Crippen LogP contribution in [-0.4, -0.2) is 52.8 Å². The smallest absolute Gasteiger partial charge is 0.322 e. The van der Waals surface area contributed by atoms with E-state index >= 15 is 0 Å². The molecule has 0 bridgehead atoms. The fraction of sp³-hybridized carbons (Fsp3) is 0.200. The van der Waals surface area contributed by atoms with Crippen LogP contribution in [0.15, 0.2) is 54.6 Å². The molecule has 0 saturated heterocycles. The number of H-pyrrole nitrogens is 1. The van der Waals surface area contributed by atoms with E-state index in [0.29, 0.717) is 18.2 Å². The Bertz CT molecular complexity index is 1490. The van der Waals surface area contributed by atoms with Crippen molar-refractivity contribution in [1.29, 1.82) is 0 Å². The predicted molar refractivity (Wildman–Crippen MR) is 132 cm³/mol. The number of tetrazole rings is 1. The van der Waals surface area contributed by atoms with E-state index in [2.05, 4.69) is 66.7 Å². The standard InChI is InChI=1S/C25H24N8O2/c1-3-21-28-23-15(2)12-20(26-13-22(34)35)27-25(23)33(21)14-16-8-10-17(11-9-16)18-6-4-5-7-19(18)24-29-31-32-30-24/h4-12H,3,13-14H2,1-2H3,(H,26,27)(H,34,35)(H,29,30,31,32). The van der Waals surface area contributed by atoms with Crippen LogP contribution in [0.5, 0.6) is 0 Å². The lowest BCUT2D eigenvalue weighted by atomic mass is 9.98. The van der Waals surface area contributed by atoms with E-state index in [9.17, 15) is 4.79 Å². The molecule has 0 aliphatic rings. The average molecular weight is 469 g/mol. The van der Waals surface area contributed by atoms with Crippen molar-refractivity contribution < 1.29 is 9.90 Å². The molecule has 0 aliphatic carbocycles. The van der Waals surface area contributed by atoms with Gasteiger partial charge in [-0.25, -0.2) is 9.97 Å². The van der Waals surface area contributed by atoms with Crippen molar-refractivity contribution in [3.05, 3.63) is 71.5 Å². The van der Waals surface area contributed by atoms with Crippen LogP contribution in [0.25, 0.3) is 33.7 Å². The van der Waals surface area contributed by atoms with Crippen LogP contribution in [0.3, 0.4) is 0 Å². The molecule has 10 nitrogen and oxygen atoms in total. The van der Waals surface area contributed by atoms with Crippen molar-refractivity contribution in [1.82, 2.24) is 35.2 Å². The highest BCUT2D eigenvalue weighted by Gasteiger charge is 2.16. The lowest BCUT2D eigenvalue weighted by molar-refractivity contribution is -0.134. The summed E-state index contributed by atoms with van der Waals surface area (Å²) in [5.74, 6) is 1.07. The second kappa shape index (κ2) is 9.34. The third-order valence-electron chi connectivity index (χ3n) is 5.83. The number of benzene rings is 2. The zero-order chi connectivity index (χ0) is 24.4. The maximum absolute atomic E-state index is 11.0. The van der Waals surface area contributed by atoms with Crippen LogP contribution >= 0.6 is 0 Å². The lowest BCUT2D eigenvalue weighted by Gasteiger charge is -2.11. The van der Waals surface area contributed by atoms with Gasteiger partial charge in [-0.2, -0.15) is 5.21 Å². The first-order valence-electron chi connectivity index (χ1n) is 11.3. The lowest BCUT2D eigenvalue weighted by Crippen LogP contribution is -2.13. The summed E-state index contributed by atoms with van der Waals surface area (Å²) < 4.78 is 2.09. The first-order valence-corrected chi connectivity index (χ1v) is 11.3. The Hall–Kier alpha value is -4.60. The Morgan fingerprint density at radius 1 is 1.09 bits per heavy atom. The van der Waals surface area contributed by atoms with Gasteiger partial charge in [0.25, 0.3) is 0 Å². The number of aromatic amines is 1. The van der Waals surface area contributed by atoms with Crippen LogP contribution in [0, 0.1) is 6.92 Å². The number of carbonyl (C=O) groups is 1. The number of aryl methyl sites for hydroxylation is 2. The normalized spacial score (nSPS) is 11.1. The molecule has 5 aromatic rings. The summed E-state index contributed by atoms with van der Waals surface area (Å²) in [6.45, 7) is 4.43. The molecule has 3 N–H and O–H groups in total. The van der Waals surface area contributed by atoms with Gasteiger partial charge in [0.05, 0.1) is 6.54 Å². The van der Waals surface area contributed by atoms with E-state index in [1.54, 1.807) is 0 Å². The van der Waals surface area contributed by atoms with Crippen molar-refractivity contribution in [2.45, 2.75) is 26.8 Å². The topological polar surface area (TPSA) is 134 Å². The highest BCUT2D eigenvalue weighted by molar-refractivity contribution is 5.81. The van der Waals surface area contributed by atoms with E-state index in [1.807, 2.05) is 37.3 Å². The van der Waals surface area contributed by atoms with Crippen LogP contribution < -0.4 is 5.32 Å². The third-order valence-corrected chi connectivity index (χ3v) is 5.83. The van der Waals surface area contributed by atoms with E-state index in [1.165, 1.54) is 0 Å². The highest BCUT2D eigenvalue weighted by Crippen LogP contribution is 2.30. The van der Waals surface area contributed by atoms with Gasteiger partial charge in [-0.1, -0.05) is 55.5 Å². The second-order valence-corrected chi connectivity index (χ2v) is 8.19. The summed E-state index contributed by atoms with van der Waals surface area (Å²) in [6.07, 6.45) is 0.754. The molecule has 35 heavy (non-hydrogen) atoms. The van der Waals surface area contributed by atoms with Crippen molar-refractivity contribution >= 4 is 23.0 Å². The Kier molecular flexibility index (Phi) is 5.92. The first-order chi connectivity index (χ1) is 17.0. The molecule has 0 unspecified atom stereocenters. The largest absolute Gasteiger partial charge is 0.480 e. The number of aromatic nitrogens is 7. The minimum Gasteiger partial charge on any atom is -0.480 e. The summed E-state index contributed by atoms with van der Waals surface area (Å²) in [7, 11) is 0. The number of anilines is 1. The SMILES string of the molecule is CCc1nc2c(C)cc(NCC(=O)O)nc2n1Cc1ccc(-c2ccccc2-c2nn[nH]n2)cc1. The second-order valence-electron chi connectivity index (χ2n) is 8.19. The molecule has 0 spiro atoms. The zero-order valence-corrected chi connectivity index (χ0v) is 19.4. The first kappa shape index (κ1) is 22.2. The van der Waals surface area contributed by atoms with Crippen molar-refractivity contribution in [2.24, 2.45) is 0 Å². The van der Waals surface area contributed by atoms with Gasteiger partial charge in [-0.05, 0) is 40.5 Å². The van der Waals surface area contributed by atoms with Gasteiger partial charge in [-0.15, -0.1) is 10.2 Å². The molecule has 0 radical (unpaired) electrons. The Morgan fingerprint density at radius 2 is 1.86 bits per heavy atom. The van der Waals surface area contributed by atoms with Gasteiger partial charge in [0.2, 0.25) is 5.82 Å². The summed E-state index contributed by atoms with van der Waals surface area (Å²) in [6, 6.07) is 18.1. The number of rotatable bonds is 8. The number of aliphatic carboxylic acids is 1. The van der Waals surface area contributed by atoms with Crippen molar-refractivity contribution in [3.63, 3.8) is 0 Å². The number of hydrogen-bond acceptors (Lipinski definition) is 7. The van der Waals surface area contributed by atoms with E-state index < -0.39 is 5.97 Å². The molecular weight excluding hydrogens is 444 g/mol. The number of nitrogens with one attached hydrogen (secondary N) is 2. The molecule has 0 saturated carbocycles. The summed E-state index contributed by atoms with van der Waals surface area (Å²) >= 11 is 0. The van der Waals surface area contributed by atoms with Gasteiger partial charge in [0.15, 0.2) is 5.65 Å². The number of carboxylic acids is 1. The Balaban J connectivity index is 1.48. The molecule has 3 aromatic heterocycles. The number of imidazole rings is 1. The van der Waals surface area contributed by atoms with Gasteiger partial charge in [0, 0.05) is 12.0 Å². The fourth-order valence-corrected chi connectivity index (χ4v) is 4.16. The number of fused-ring (bicyclic) bond motifs is 1. The maximum Gasteiger partial charge on any atom is 0.322 e. The van der Waals surface area contributed by atoms with Crippen molar-refractivity contribution in [2.75, 3.05) is 11.9 Å². The fourth-order valence-electron chi connectivity index (χ4n) is 4.16. The van der Waals surface area contributed by atoms with E-state index in [0.717, 1.165) is 51.2 Å². The minimum atomic E-state index is -0.937. The quantitative estimate of drug-likeness (QED) is 0.314. The molecule has 0 amide bonds. The summed E-state index contributed by atoms with van der Waals surface area (Å²) in [5, 5.41) is 26.3. The maximum atomic E-state index is 11.0. The number of pyridine rings is 1. The van der Waals surface area contributed by atoms with Crippen molar-refractivity contribution in [3.8, 4) is 22.5 Å². The van der Waals surface area contributed by atoms with Gasteiger partial charge < -0.3 is 15.0 Å². The zero-order valence-electron chi connectivity index (χ0n) is 19.4. The molecule has 10 heteroatoms. The Morgan fingerprint density at radius 3 is 2.54 bits per heavy atom. The Labute approximate surface area is 201 Å². The predicted octanol–water partition coefficient (Wildman–Crippen LogP) is 3.69. The molecule has 0 aliphatic heterocycles. The third kappa shape index (κ3) is 4.45. The summed E-state index contributed by atoms with van der Waals surface area (Å²) in [5.41, 5.74) is 6.59. The van der Waals surface area contributed by atoms with Crippen LogP contribution in [-0.2, 0) is 17.8 Å². The van der Waals surface area contributed by atoms with E-state index in [-0.39, 0.29) is 6.54 Å². The highest BCUT2D eigenvalue weighted by atomic mass is 16.4. The molecule has 3 heterocycles. The van der Waals surface area contributed by atoms with Crippen LogP contribution in [0.1, 0.15) is 23.9 Å². The molecule has 5 rings (SSSR count). The number of nitrogens with zero attached hydrogens (tertiary/aromatic N) is 6. The molecule has 176 valence electrons. The number of carboxylic acid groups (broad SMARTS) is 1.